The molecular weight excluding hydrogens is 398 g/mol. The van der Waals surface area contributed by atoms with Crippen LogP contribution in [0, 0.1) is 0 Å². The van der Waals surface area contributed by atoms with Gasteiger partial charge in [-0.2, -0.15) is 8.78 Å². The van der Waals surface area contributed by atoms with Gasteiger partial charge in [0, 0.05) is 5.92 Å². The van der Waals surface area contributed by atoms with Gasteiger partial charge in [-0.05, 0) is 37.1 Å². The lowest BCUT2D eigenvalue weighted by Gasteiger charge is -2.11. The van der Waals surface area contributed by atoms with Crippen molar-refractivity contribution in [2.45, 2.75) is 30.5 Å². The summed E-state index contributed by atoms with van der Waals surface area (Å²) in [5.41, 5.74) is 1.12. The third kappa shape index (κ3) is 4.92. The summed E-state index contributed by atoms with van der Waals surface area (Å²) < 4.78 is 31.3. The van der Waals surface area contributed by atoms with E-state index in [4.69, 9.17) is 0 Å². The van der Waals surface area contributed by atoms with E-state index in [1.165, 1.54) is 23.9 Å². The van der Waals surface area contributed by atoms with Crippen LogP contribution in [0.3, 0.4) is 0 Å². The largest absolute Gasteiger partial charge is 0.433 e. The van der Waals surface area contributed by atoms with Gasteiger partial charge in [0.1, 0.15) is 11.6 Å². The Labute approximate surface area is 170 Å². The molecule has 9 heteroatoms. The van der Waals surface area contributed by atoms with Gasteiger partial charge in [0.2, 0.25) is 11.1 Å². The maximum Gasteiger partial charge on any atom is 0.387 e. The number of ether oxygens (including phenoxy) is 1. The minimum absolute atomic E-state index is 0.0475. The minimum atomic E-state index is -2.96. The summed E-state index contributed by atoms with van der Waals surface area (Å²) in [6.07, 6.45) is 2.16. The Hall–Kier alpha value is -2.94. The summed E-state index contributed by atoms with van der Waals surface area (Å²) in [4.78, 5) is 16.9. The van der Waals surface area contributed by atoms with Crippen molar-refractivity contribution < 1.29 is 18.3 Å². The number of para-hydroxylation sites is 3. The number of alkyl halides is 2. The summed E-state index contributed by atoms with van der Waals surface area (Å²) in [7, 11) is 0. The number of rotatable bonds is 8. The minimum Gasteiger partial charge on any atom is -0.433 e. The second-order valence-electron chi connectivity index (χ2n) is 6.49. The van der Waals surface area contributed by atoms with Crippen LogP contribution < -0.4 is 10.1 Å². The molecule has 1 amide bonds. The first kappa shape index (κ1) is 19.4. The van der Waals surface area contributed by atoms with E-state index in [9.17, 15) is 13.6 Å². The second kappa shape index (κ2) is 8.60. The molecule has 1 heterocycles. The molecule has 150 valence electrons. The fourth-order valence-corrected chi connectivity index (χ4v) is 3.45. The van der Waals surface area contributed by atoms with E-state index >= 15 is 0 Å². The third-order valence-corrected chi connectivity index (χ3v) is 5.10. The highest BCUT2D eigenvalue weighted by Gasteiger charge is 2.30. The summed E-state index contributed by atoms with van der Waals surface area (Å²) in [6.45, 7) is -2.96. The number of nitrogens with one attached hydrogen (secondary N) is 1. The molecule has 4 rings (SSSR count). The summed E-state index contributed by atoms with van der Waals surface area (Å²) >= 11 is 1.20. The highest BCUT2D eigenvalue weighted by molar-refractivity contribution is 7.99. The molecule has 1 aliphatic carbocycles. The van der Waals surface area contributed by atoms with E-state index in [0.717, 1.165) is 24.4 Å². The van der Waals surface area contributed by atoms with Crippen molar-refractivity contribution in [2.24, 2.45) is 0 Å². The molecule has 0 bridgehead atoms. The Morgan fingerprint density at radius 2 is 1.90 bits per heavy atom. The molecule has 1 fully saturated rings. The zero-order valence-electron chi connectivity index (χ0n) is 15.3. The van der Waals surface area contributed by atoms with E-state index in [2.05, 4.69) is 20.1 Å². The number of carbonyl (C=O) groups excluding carboxylic acids is 1. The molecule has 6 nitrogen and oxygen atoms in total. The van der Waals surface area contributed by atoms with Gasteiger partial charge in [0.15, 0.2) is 0 Å². The number of halogens is 2. The lowest BCUT2D eigenvalue weighted by atomic mass is 10.3. The number of amides is 1. The Balaban J connectivity index is 1.43. The first-order valence-corrected chi connectivity index (χ1v) is 10.1. The molecule has 1 aliphatic rings. The number of hydrogen-bond donors (Lipinski definition) is 1. The number of aromatic nitrogens is 3. The highest BCUT2D eigenvalue weighted by atomic mass is 32.2. The van der Waals surface area contributed by atoms with Crippen LogP contribution in [0.2, 0.25) is 0 Å². The molecular formula is C20H18F2N4O2S. The van der Waals surface area contributed by atoms with E-state index in [0.29, 0.717) is 11.1 Å². The van der Waals surface area contributed by atoms with Crippen molar-refractivity contribution >= 4 is 23.4 Å². The number of nitrogens with zero attached hydrogens (tertiary/aromatic N) is 3. The van der Waals surface area contributed by atoms with Gasteiger partial charge in [-0.25, -0.2) is 9.67 Å². The zero-order valence-corrected chi connectivity index (χ0v) is 16.1. The third-order valence-electron chi connectivity index (χ3n) is 4.27. The van der Waals surface area contributed by atoms with Crippen molar-refractivity contribution in [1.82, 2.24) is 14.8 Å². The number of benzene rings is 2. The Bertz CT molecular complexity index is 993. The first-order valence-electron chi connectivity index (χ1n) is 9.09. The van der Waals surface area contributed by atoms with Gasteiger partial charge in [0.25, 0.3) is 0 Å². The lowest BCUT2D eigenvalue weighted by molar-refractivity contribution is -0.113. The monoisotopic (exact) mass is 416 g/mol. The van der Waals surface area contributed by atoms with Crippen molar-refractivity contribution in [3.8, 4) is 11.4 Å². The molecule has 29 heavy (non-hydrogen) atoms. The van der Waals surface area contributed by atoms with Crippen LogP contribution >= 0.6 is 11.8 Å². The summed E-state index contributed by atoms with van der Waals surface area (Å²) in [5.74, 6) is 0.901. The van der Waals surface area contributed by atoms with Gasteiger partial charge >= 0.3 is 6.61 Å². The predicted octanol–water partition coefficient (Wildman–Crippen LogP) is 4.48. The summed E-state index contributed by atoms with van der Waals surface area (Å²) in [6, 6.07) is 15.8. The lowest BCUT2D eigenvalue weighted by Crippen LogP contribution is -2.15. The fourth-order valence-electron chi connectivity index (χ4n) is 2.82. The molecule has 2 aromatic carbocycles. The van der Waals surface area contributed by atoms with Crippen LogP contribution in [0.5, 0.6) is 5.75 Å². The maximum atomic E-state index is 12.5. The number of hydrogen-bond acceptors (Lipinski definition) is 5. The van der Waals surface area contributed by atoms with Gasteiger partial charge in [-0.1, -0.05) is 42.1 Å². The van der Waals surface area contributed by atoms with E-state index < -0.39 is 6.61 Å². The second-order valence-corrected chi connectivity index (χ2v) is 7.43. The maximum absolute atomic E-state index is 12.5. The number of thioether (sulfide) groups is 1. The molecule has 0 spiro atoms. The Kier molecular flexibility index (Phi) is 5.75. The molecule has 0 atom stereocenters. The Morgan fingerprint density at radius 1 is 1.17 bits per heavy atom. The van der Waals surface area contributed by atoms with E-state index in [1.807, 2.05) is 35.0 Å². The number of carbonyl (C=O) groups is 1. The van der Waals surface area contributed by atoms with Crippen molar-refractivity contribution in [1.29, 1.82) is 0 Å². The van der Waals surface area contributed by atoms with Crippen LogP contribution in [0.4, 0.5) is 14.5 Å². The highest BCUT2D eigenvalue weighted by Crippen LogP contribution is 2.40. The first-order chi connectivity index (χ1) is 14.1. The van der Waals surface area contributed by atoms with Crippen LogP contribution in [-0.4, -0.2) is 33.0 Å². The fraction of sp³-hybridized carbons (Fsp3) is 0.250. The molecule has 1 saturated carbocycles. The zero-order chi connectivity index (χ0) is 20.2. The van der Waals surface area contributed by atoms with Gasteiger partial charge in [-0.3, -0.25) is 4.79 Å². The SMILES string of the molecule is O=C(CSc1nc(C2CC2)n(-c2ccccc2)n1)Nc1ccccc1OC(F)F. The van der Waals surface area contributed by atoms with Crippen LogP contribution in [0.15, 0.2) is 59.8 Å². The molecule has 0 aliphatic heterocycles. The van der Waals surface area contributed by atoms with Crippen molar-refractivity contribution in [3.05, 3.63) is 60.4 Å². The van der Waals surface area contributed by atoms with Gasteiger partial charge in [0.05, 0.1) is 17.1 Å². The molecule has 1 aromatic heterocycles. The van der Waals surface area contributed by atoms with Crippen LogP contribution in [-0.2, 0) is 4.79 Å². The van der Waals surface area contributed by atoms with Crippen LogP contribution in [0.1, 0.15) is 24.6 Å². The molecule has 0 saturated heterocycles. The average molecular weight is 416 g/mol. The molecule has 1 N–H and O–H groups in total. The van der Waals surface area contributed by atoms with E-state index in [1.54, 1.807) is 12.1 Å². The van der Waals surface area contributed by atoms with Crippen molar-refractivity contribution in [3.63, 3.8) is 0 Å². The van der Waals surface area contributed by atoms with Gasteiger partial charge < -0.3 is 10.1 Å². The molecule has 0 unspecified atom stereocenters. The topological polar surface area (TPSA) is 69.0 Å². The van der Waals surface area contributed by atoms with Crippen LogP contribution in [0.25, 0.3) is 5.69 Å². The Morgan fingerprint density at radius 3 is 2.62 bits per heavy atom. The standard InChI is InChI=1S/C20H18F2N4O2S/c21-19(22)28-16-9-5-4-8-15(16)23-17(27)12-29-20-24-18(13-10-11-13)26(25-20)14-6-2-1-3-7-14/h1-9,13,19H,10-12H2,(H,23,27). The normalized spacial score (nSPS) is 13.5. The summed E-state index contributed by atoms with van der Waals surface area (Å²) in [5, 5.41) is 7.64. The number of anilines is 1. The quantitative estimate of drug-likeness (QED) is 0.549. The van der Waals surface area contributed by atoms with E-state index in [-0.39, 0.29) is 23.1 Å². The predicted molar refractivity (Wildman–Crippen MR) is 106 cm³/mol. The molecule has 0 radical (unpaired) electrons. The average Bonchev–Trinajstić information content (AvgIpc) is 3.47. The van der Waals surface area contributed by atoms with Crippen molar-refractivity contribution in [2.75, 3.05) is 11.1 Å². The smallest absolute Gasteiger partial charge is 0.387 e. The molecule has 3 aromatic rings. The van der Waals surface area contributed by atoms with Gasteiger partial charge in [-0.15, -0.1) is 5.10 Å².